The minimum absolute atomic E-state index is 0.0718. The molecule has 0 unspecified atom stereocenters. The average Bonchev–Trinajstić information content (AvgIpc) is 3.13. The maximum atomic E-state index is 12.1. The van der Waals surface area contributed by atoms with E-state index in [9.17, 15) is 9.59 Å². The Labute approximate surface area is 131 Å². The molecule has 0 bridgehead atoms. The Morgan fingerprint density at radius 2 is 2.00 bits per heavy atom. The first-order valence-corrected chi connectivity index (χ1v) is 7.81. The van der Waals surface area contributed by atoms with Crippen molar-refractivity contribution >= 4 is 34.0 Å². The van der Waals surface area contributed by atoms with Crippen LogP contribution in [0.4, 0.5) is 0 Å². The Hall–Kier alpha value is -2.40. The first-order valence-electron chi connectivity index (χ1n) is 7.00. The summed E-state index contributed by atoms with van der Waals surface area (Å²) in [4.78, 5) is 25.1. The standard InChI is InChI=1S/C17H15NO3S/c1-11(19)16-7-6-13(22-16)8-9-18-17(20)15-10-12-4-2-3-5-14(12)21-15/h2-7,10H,8-9H2,1H3,(H,18,20). The highest BCUT2D eigenvalue weighted by molar-refractivity contribution is 7.14. The molecule has 112 valence electrons. The molecule has 0 saturated heterocycles. The van der Waals surface area contributed by atoms with Gasteiger partial charge >= 0.3 is 0 Å². The molecule has 0 aliphatic rings. The number of Topliss-reactive ketones (excluding diaryl/α,β-unsaturated/α-hetero) is 1. The summed E-state index contributed by atoms with van der Waals surface area (Å²) in [5.41, 5.74) is 0.706. The number of benzene rings is 1. The van der Waals surface area contributed by atoms with Crippen LogP contribution in [0, 0.1) is 0 Å². The monoisotopic (exact) mass is 313 g/mol. The van der Waals surface area contributed by atoms with Crippen molar-refractivity contribution in [2.45, 2.75) is 13.3 Å². The van der Waals surface area contributed by atoms with Gasteiger partial charge < -0.3 is 9.73 Å². The summed E-state index contributed by atoms with van der Waals surface area (Å²) in [5, 5.41) is 3.75. The number of rotatable bonds is 5. The molecule has 1 N–H and O–H groups in total. The molecule has 0 spiro atoms. The van der Waals surface area contributed by atoms with E-state index in [0.29, 0.717) is 24.3 Å². The zero-order valence-electron chi connectivity index (χ0n) is 12.1. The van der Waals surface area contributed by atoms with E-state index in [2.05, 4.69) is 5.32 Å². The molecule has 0 saturated carbocycles. The first kappa shape index (κ1) is 14.5. The molecule has 2 heterocycles. The maximum absolute atomic E-state index is 12.1. The summed E-state index contributed by atoms with van der Waals surface area (Å²) in [6.45, 7) is 2.06. The molecule has 0 atom stereocenters. The predicted molar refractivity (Wildman–Crippen MR) is 86.6 cm³/mol. The Morgan fingerprint density at radius 1 is 1.18 bits per heavy atom. The van der Waals surface area contributed by atoms with Crippen molar-refractivity contribution in [3.05, 3.63) is 58.0 Å². The van der Waals surface area contributed by atoms with Crippen molar-refractivity contribution in [2.75, 3.05) is 6.54 Å². The van der Waals surface area contributed by atoms with Crippen molar-refractivity contribution in [3.8, 4) is 0 Å². The molecule has 0 fully saturated rings. The van der Waals surface area contributed by atoms with E-state index in [1.165, 1.54) is 11.3 Å². The number of carbonyl (C=O) groups excluding carboxylic acids is 2. The van der Waals surface area contributed by atoms with E-state index in [1.54, 1.807) is 13.0 Å². The summed E-state index contributed by atoms with van der Waals surface area (Å²) in [7, 11) is 0. The van der Waals surface area contributed by atoms with Crippen LogP contribution >= 0.6 is 11.3 Å². The van der Waals surface area contributed by atoms with Gasteiger partial charge in [0.15, 0.2) is 11.5 Å². The van der Waals surface area contributed by atoms with Crippen molar-refractivity contribution in [1.82, 2.24) is 5.32 Å². The Bertz CT molecular complexity index is 798. The minimum Gasteiger partial charge on any atom is -0.451 e. The number of nitrogens with one attached hydrogen (secondary N) is 1. The van der Waals surface area contributed by atoms with Gasteiger partial charge in [-0.2, -0.15) is 0 Å². The fourth-order valence-corrected chi connectivity index (χ4v) is 3.08. The lowest BCUT2D eigenvalue weighted by Gasteiger charge is -2.01. The molecule has 5 heteroatoms. The maximum Gasteiger partial charge on any atom is 0.287 e. The van der Waals surface area contributed by atoms with Gasteiger partial charge in [-0.1, -0.05) is 18.2 Å². The largest absolute Gasteiger partial charge is 0.451 e. The van der Waals surface area contributed by atoms with Gasteiger partial charge in [0.05, 0.1) is 4.88 Å². The highest BCUT2D eigenvalue weighted by atomic mass is 32.1. The topological polar surface area (TPSA) is 59.3 Å². The van der Waals surface area contributed by atoms with Gasteiger partial charge in [0.1, 0.15) is 5.58 Å². The Kier molecular flexibility index (Phi) is 4.06. The number of hydrogen-bond donors (Lipinski definition) is 1. The van der Waals surface area contributed by atoms with Gasteiger partial charge in [-0.05, 0) is 37.6 Å². The third-order valence-corrected chi connectivity index (χ3v) is 4.56. The highest BCUT2D eigenvalue weighted by Gasteiger charge is 2.11. The van der Waals surface area contributed by atoms with Gasteiger partial charge in [0.2, 0.25) is 0 Å². The van der Waals surface area contributed by atoms with Crippen molar-refractivity contribution in [2.24, 2.45) is 0 Å². The molecular formula is C17H15NO3S. The molecule has 3 rings (SSSR count). The van der Waals surface area contributed by atoms with Crippen LogP contribution in [-0.4, -0.2) is 18.2 Å². The second-order valence-corrected chi connectivity index (χ2v) is 6.14. The summed E-state index contributed by atoms with van der Waals surface area (Å²) in [5.74, 6) is 0.166. The second kappa shape index (κ2) is 6.15. The number of furan rings is 1. The van der Waals surface area contributed by atoms with E-state index in [0.717, 1.165) is 15.1 Å². The summed E-state index contributed by atoms with van der Waals surface area (Å²) in [6, 6.07) is 13.0. The van der Waals surface area contributed by atoms with E-state index >= 15 is 0 Å². The van der Waals surface area contributed by atoms with Crippen LogP contribution < -0.4 is 5.32 Å². The molecule has 1 aromatic carbocycles. The van der Waals surface area contributed by atoms with Crippen LogP contribution in [0.1, 0.15) is 32.0 Å². The van der Waals surface area contributed by atoms with Crippen LogP contribution in [-0.2, 0) is 6.42 Å². The lowest BCUT2D eigenvalue weighted by Crippen LogP contribution is -2.25. The Morgan fingerprint density at radius 3 is 2.73 bits per heavy atom. The number of hydrogen-bond acceptors (Lipinski definition) is 4. The van der Waals surface area contributed by atoms with Crippen molar-refractivity contribution in [1.29, 1.82) is 0 Å². The minimum atomic E-state index is -0.223. The molecule has 2 aromatic heterocycles. The quantitative estimate of drug-likeness (QED) is 0.731. The normalized spacial score (nSPS) is 10.8. The van der Waals surface area contributed by atoms with Crippen molar-refractivity contribution in [3.63, 3.8) is 0 Å². The molecule has 0 radical (unpaired) electrons. The smallest absolute Gasteiger partial charge is 0.287 e. The summed E-state index contributed by atoms with van der Waals surface area (Å²) < 4.78 is 5.51. The third kappa shape index (κ3) is 3.09. The zero-order valence-corrected chi connectivity index (χ0v) is 12.9. The van der Waals surface area contributed by atoms with E-state index in [1.807, 2.05) is 36.4 Å². The Balaban J connectivity index is 1.58. The van der Waals surface area contributed by atoms with Gasteiger partial charge in [-0.3, -0.25) is 9.59 Å². The lowest BCUT2D eigenvalue weighted by atomic mass is 10.2. The number of thiophene rings is 1. The van der Waals surface area contributed by atoms with Crippen LogP contribution in [0.3, 0.4) is 0 Å². The van der Waals surface area contributed by atoms with Crippen LogP contribution in [0.5, 0.6) is 0 Å². The van der Waals surface area contributed by atoms with Crippen LogP contribution in [0.15, 0.2) is 46.9 Å². The predicted octanol–water partition coefficient (Wildman–Crippen LogP) is 3.67. The number of fused-ring (bicyclic) bond motifs is 1. The third-order valence-electron chi connectivity index (χ3n) is 3.31. The molecule has 3 aromatic rings. The second-order valence-electron chi connectivity index (χ2n) is 4.98. The number of ketones is 1. The SMILES string of the molecule is CC(=O)c1ccc(CCNC(=O)c2cc3ccccc3o2)s1. The summed E-state index contributed by atoms with van der Waals surface area (Å²) in [6.07, 6.45) is 0.698. The fourth-order valence-electron chi connectivity index (χ4n) is 2.18. The van der Waals surface area contributed by atoms with E-state index in [4.69, 9.17) is 4.42 Å². The molecule has 4 nitrogen and oxygen atoms in total. The number of para-hydroxylation sites is 1. The zero-order chi connectivity index (χ0) is 15.5. The lowest BCUT2D eigenvalue weighted by molar-refractivity contribution is 0.0928. The number of carbonyl (C=O) groups is 2. The van der Waals surface area contributed by atoms with Gasteiger partial charge in [-0.25, -0.2) is 0 Å². The van der Waals surface area contributed by atoms with Crippen LogP contribution in [0.2, 0.25) is 0 Å². The molecular weight excluding hydrogens is 298 g/mol. The van der Waals surface area contributed by atoms with Crippen molar-refractivity contribution < 1.29 is 14.0 Å². The first-order chi connectivity index (χ1) is 10.6. The van der Waals surface area contributed by atoms with Gasteiger partial charge in [0.25, 0.3) is 5.91 Å². The molecule has 1 amide bonds. The van der Waals surface area contributed by atoms with Gasteiger partial charge in [0, 0.05) is 16.8 Å². The summed E-state index contributed by atoms with van der Waals surface area (Å²) >= 11 is 1.47. The van der Waals surface area contributed by atoms with Crippen LogP contribution in [0.25, 0.3) is 11.0 Å². The molecule has 22 heavy (non-hydrogen) atoms. The van der Waals surface area contributed by atoms with Gasteiger partial charge in [-0.15, -0.1) is 11.3 Å². The van der Waals surface area contributed by atoms with E-state index in [-0.39, 0.29) is 11.7 Å². The molecule has 0 aliphatic heterocycles. The number of amides is 1. The average molecular weight is 313 g/mol. The fraction of sp³-hybridized carbons (Fsp3) is 0.176. The molecule has 0 aliphatic carbocycles. The van der Waals surface area contributed by atoms with E-state index < -0.39 is 0 Å². The highest BCUT2D eigenvalue weighted by Crippen LogP contribution is 2.19.